The van der Waals surface area contributed by atoms with Gasteiger partial charge in [0, 0.05) is 13.0 Å². The highest BCUT2D eigenvalue weighted by atomic mass is 16.4. The van der Waals surface area contributed by atoms with Gasteiger partial charge in [-0.1, -0.05) is 6.92 Å². The van der Waals surface area contributed by atoms with Gasteiger partial charge in [-0.2, -0.15) is 0 Å². The second-order valence-electron chi connectivity index (χ2n) is 3.58. The lowest BCUT2D eigenvalue weighted by atomic mass is 10.1. The number of hydrogen-bond donors (Lipinski definition) is 4. The van der Waals surface area contributed by atoms with Crippen LogP contribution in [0.4, 0.5) is 4.79 Å². The summed E-state index contributed by atoms with van der Waals surface area (Å²) < 4.78 is 0. The molecule has 0 radical (unpaired) electrons. The highest BCUT2D eigenvalue weighted by molar-refractivity contribution is 5.82. The second kappa shape index (κ2) is 8.37. The molecule has 2 amide bonds. The van der Waals surface area contributed by atoms with Crippen molar-refractivity contribution >= 4 is 18.0 Å². The lowest BCUT2D eigenvalue weighted by Gasteiger charge is -2.14. The number of carboxylic acids is 2. The SMILES string of the molecule is CCCNC(=O)NC(CCCC(=O)O)C(=O)O. The molecular weight excluding hydrogens is 228 g/mol. The molecule has 17 heavy (non-hydrogen) atoms. The summed E-state index contributed by atoms with van der Waals surface area (Å²) in [6.07, 6.45) is 0.952. The van der Waals surface area contributed by atoms with Crippen LogP contribution in [0.25, 0.3) is 0 Å². The van der Waals surface area contributed by atoms with Gasteiger partial charge in [0.15, 0.2) is 0 Å². The molecule has 4 N–H and O–H groups in total. The van der Waals surface area contributed by atoms with E-state index in [2.05, 4.69) is 10.6 Å². The molecule has 0 aliphatic carbocycles. The summed E-state index contributed by atoms with van der Waals surface area (Å²) >= 11 is 0. The van der Waals surface area contributed by atoms with E-state index >= 15 is 0 Å². The van der Waals surface area contributed by atoms with E-state index in [4.69, 9.17) is 10.2 Å². The van der Waals surface area contributed by atoms with Gasteiger partial charge in [0.05, 0.1) is 0 Å². The Morgan fingerprint density at radius 2 is 1.88 bits per heavy atom. The molecule has 1 atom stereocenters. The van der Waals surface area contributed by atoms with Crippen LogP contribution in [-0.2, 0) is 9.59 Å². The molecule has 0 fully saturated rings. The van der Waals surface area contributed by atoms with Crippen LogP contribution in [-0.4, -0.2) is 40.8 Å². The topological polar surface area (TPSA) is 116 Å². The average Bonchev–Trinajstić information content (AvgIpc) is 2.24. The molecule has 0 aromatic heterocycles. The van der Waals surface area contributed by atoms with Gasteiger partial charge < -0.3 is 20.8 Å². The van der Waals surface area contributed by atoms with E-state index in [1.165, 1.54) is 0 Å². The quantitative estimate of drug-likeness (QED) is 0.495. The van der Waals surface area contributed by atoms with Crippen LogP contribution in [0.2, 0.25) is 0 Å². The number of urea groups is 1. The van der Waals surface area contributed by atoms with E-state index < -0.39 is 24.0 Å². The van der Waals surface area contributed by atoms with Crippen molar-refractivity contribution in [1.29, 1.82) is 0 Å². The smallest absolute Gasteiger partial charge is 0.326 e. The number of carboxylic acid groups (broad SMARTS) is 2. The first-order valence-electron chi connectivity index (χ1n) is 5.46. The van der Waals surface area contributed by atoms with Gasteiger partial charge in [-0.05, 0) is 19.3 Å². The summed E-state index contributed by atoms with van der Waals surface area (Å²) in [7, 11) is 0. The molecule has 98 valence electrons. The monoisotopic (exact) mass is 246 g/mol. The van der Waals surface area contributed by atoms with Crippen molar-refractivity contribution in [1.82, 2.24) is 10.6 Å². The predicted molar refractivity (Wildman–Crippen MR) is 59.7 cm³/mol. The second-order valence-corrected chi connectivity index (χ2v) is 3.58. The van der Waals surface area contributed by atoms with Crippen LogP contribution >= 0.6 is 0 Å². The molecule has 0 saturated carbocycles. The van der Waals surface area contributed by atoms with Crippen molar-refractivity contribution in [3.8, 4) is 0 Å². The van der Waals surface area contributed by atoms with Gasteiger partial charge in [-0.3, -0.25) is 4.79 Å². The first kappa shape index (κ1) is 15.2. The summed E-state index contributed by atoms with van der Waals surface area (Å²) in [5.74, 6) is -2.15. The standard InChI is InChI=1S/C10H18N2O5/c1-2-6-11-10(17)12-7(9(15)16)4-3-5-8(13)14/h7H,2-6H2,1H3,(H,13,14)(H,15,16)(H2,11,12,17). The Morgan fingerprint density at radius 3 is 2.35 bits per heavy atom. The number of rotatable bonds is 8. The molecule has 0 saturated heterocycles. The van der Waals surface area contributed by atoms with Gasteiger partial charge >= 0.3 is 18.0 Å². The van der Waals surface area contributed by atoms with Crippen LogP contribution < -0.4 is 10.6 Å². The number of carbonyl (C=O) groups excluding carboxylic acids is 1. The lowest BCUT2D eigenvalue weighted by molar-refractivity contribution is -0.140. The van der Waals surface area contributed by atoms with E-state index in [1.807, 2.05) is 6.92 Å². The highest BCUT2D eigenvalue weighted by Gasteiger charge is 2.19. The maximum absolute atomic E-state index is 11.2. The molecule has 0 rings (SSSR count). The summed E-state index contributed by atoms with van der Waals surface area (Å²) in [6, 6.07) is -1.60. The minimum absolute atomic E-state index is 0.0984. The molecular formula is C10H18N2O5. The van der Waals surface area contributed by atoms with Gasteiger partial charge in [-0.25, -0.2) is 9.59 Å². The molecule has 0 aromatic carbocycles. The lowest BCUT2D eigenvalue weighted by Crippen LogP contribution is -2.46. The number of nitrogens with one attached hydrogen (secondary N) is 2. The molecule has 0 heterocycles. The van der Waals surface area contributed by atoms with Crippen molar-refractivity contribution in [2.75, 3.05) is 6.54 Å². The molecule has 0 aliphatic rings. The molecule has 0 spiro atoms. The number of hydrogen-bond acceptors (Lipinski definition) is 3. The van der Waals surface area contributed by atoms with Gasteiger partial charge in [0.1, 0.15) is 6.04 Å². The number of aliphatic carboxylic acids is 2. The van der Waals surface area contributed by atoms with Gasteiger partial charge in [0.2, 0.25) is 0 Å². The van der Waals surface area contributed by atoms with E-state index in [0.29, 0.717) is 6.54 Å². The maximum Gasteiger partial charge on any atom is 0.326 e. The zero-order valence-corrected chi connectivity index (χ0v) is 9.73. The van der Waals surface area contributed by atoms with E-state index in [1.54, 1.807) is 0 Å². The first-order valence-corrected chi connectivity index (χ1v) is 5.46. The summed E-state index contributed by atoms with van der Waals surface area (Å²) in [5, 5.41) is 22.0. The Hall–Kier alpha value is -1.79. The van der Waals surface area contributed by atoms with E-state index in [0.717, 1.165) is 6.42 Å². The third-order valence-corrected chi connectivity index (χ3v) is 2.02. The van der Waals surface area contributed by atoms with Crippen LogP contribution in [0.5, 0.6) is 0 Å². The Morgan fingerprint density at radius 1 is 1.24 bits per heavy atom. The van der Waals surface area contributed by atoms with E-state index in [-0.39, 0.29) is 19.3 Å². The third-order valence-electron chi connectivity index (χ3n) is 2.02. The largest absolute Gasteiger partial charge is 0.481 e. The van der Waals surface area contributed by atoms with Crippen molar-refractivity contribution in [3.63, 3.8) is 0 Å². The Bertz CT molecular complexity index is 280. The van der Waals surface area contributed by atoms with Gasteiger partial charge in [-0.15, -0.1) is 0 Å². The molecule has 0 bridgehead atoms. The highest BCUT2D eigenvalue weighted by Crippen LogP contribution is 2.01. The average molecular weight is 246 g/mol. The number of amides is 2. The third kappa shape index (κ3) is 8.06. The molecule has 0 aliphatic heterocycles. The predicted octanol–water partition coefficient (Wildman–Crippen LogP) is 0.404. The zero-order valence-electron chi connectivity index (χ0n) is 9.73. The Labute approximate surface area is 99.2 Å². The van der Waals surface area contributed by atoms with Crippen LogP contribution in [0.3, 0.4) is 0 Å². The molecule has 7 nitrogen and oxygen atoms in total. The van der Waals surface area contributed by atoms with Crippen molar-refractivity contribution in [2.45, 2.75) is 38.6 Å². The maximum atomic E-state index is 11.2. The molecule has 7 heteroatoms. The summed E-state index contributed by atoms with van der Waals surface area (Å²) in [6.45, 7) is 2.34. The fraction of sp³-hybridized carbons (Fsp3) is 0.700. The van der Waals surface area contributed by atoms with Crippen LogP contribution in [0, 0.1) is 0 Å². The Kier molecular flexibility index (Phi) is 7.49. The van der Waals surface area contributed by atoms with Crippen molar-refractivity contribution < 1.29 is 24.6 Å². The van der Waals surface area contributed by atoms with Crippen molar-refractivity contribution in [2.24, 2.45) is 0 Å². The Balaban J connectivity index is 4.02. The molecule has 0 aromatic rings. The van der Waals surface area contributed by atoms with E-state index in [9.17, 15) is 14.4 Å². The van der Waals surface area contributed by atoms with Crippen LogP contribution in [0.1, 0.15) is 32.6 Å². The van der Waals surface area contributed by atoms with Crippen molar-refractivity contribution in [3.05, 3.63) is 0 Å². The van der Waals surface area contributed by atoms with Gasteiger partial charge in [0.25, 0.3) is 0 Å². The number of carbonyl (C=O) groups is 3. The first-order chi connectivity index (χ1) is 7.97. The molecule has 1 unspecified atom stereocenters. The fourth-order valence-corrected chi connectivity index (χ4v) is 1.16. The minimum Gasteiger partial charge on any atom is -0.481 e. The normalized spacial score (nSPS) is 11.6. The zero-order chi connectivity index (χ0) is 13.3. The summed E-state index contributed by atoms with van der Waals surface area (Å²) in [4.78, 5) is 32.3. The summed E-state index contributed by atoms with van der Waals surface area (Å²) in [5.41, 5.74) is 0. The minimum atomic E-state index is -1.16. The fourth-order valence-electron chi connectivity index (χ4n) is 1.16. The van der Waals surface area contributed by atoms with Crippen LogP contribution in [0.15, 0.2) is 0 Å².